The number of ether oxygens (including phenoxy) is 6. The average Bonchev–Trinajstić information content (AvgIpc) is 1.64. The molecule has 36 heteroatoms. The number of aromatic nitrogens is 12. The van der Waals surface area contributed by atoms with E-state index in [-0.39, 0.29) is 88.4 Å². The van der Waals surface area contributed by atoms with Crippen LogP contribution in [0.2, 0.25) is 5.28 Å². The highest BCUT2D eigenvalue weighted by Gasteiger charge is 2.28. The van der Waals surface area contributed by atoms with Crippen LogP contribution in [0.1, 0.15) is 115 Å². The number of methoxy groups -OCH3 is 1. The number of carbonyl (C=O) groups is 3. The Labute approximate surface area is 790 Å². The number of H-pyrrole nitrogens is 1. The van der Waals surface area contributed by atoms with Crippen LogP contribution < -0.4 is 51.8 Å². The third-order valence-corrected chi connectivity index (χ3v) is 22.1. The number of rotatable bonds is 31. The van der Waals surface area contributed by atoms with Gasteiger partial charge in [0.1, 0.15) is 35.2 Å². The first-order chi connectivity index (χ1) is 62.5. The van der Waals surface area contributed by atoms with Gasteiger partial charge in [-0.1, -0.05) is 76.0 Å². The number of nitrogens with two attached hydrogens (primary N) is 1. The van der Waals surface area contributed by atoms with Crippen molar-refractivity contribution in [2.24, 2.45) is 11.8 Å². The van der Waals surface area contributed by atoms with Crippen LogP contribution in [0.15, 0.2) is 203 Å². The predicted molar refractivity (Wildman–Crippen MR) is 533 cm³/mol. The number of amides is 3. The first-order valence-corrected chi connectivity index (χ1v) is 44.2. The fraction of sp³-hybridized carbons (Fsp3) is 0.368. The maximum atomic E-state index is 11.8. The van der Waals surface area contributed by atoms with Gasteiger partial charge in [0.2, 0.25) is 34.9 Å². The molecule has 6 aromatic heterocycles. The highest BCUT2D eigenvalue weighted by atomic mass is 35.5. The first-order valence-electron chi connectivity index (χ1n) is 43.8. The third kappa shape index (κ3) is 29.9. The summed E-state index contributed by atoms with van der Waals surface area (Å²) in [6.07, 6.45) is 22.7. The van der Waals surface area contributed by atoms with Crippen LogP contribution in [0, 0.1) is 11.8 Å². The third-order valence-electron chi connectivity index (χ3n) is 21.9. The van der Waals surface area contributed by atoms with Crippen LogP contribution in [0.25, 0.3) is 33.5 Å². The van der Waals surface area contributed by atoms with Crippen LogP contribution in [0.3, 0.4) is 0 Å². The minimum absolute atomic E-state index is 0. The van der Waals surface area contributed by atoms with E-state index >= 15 is 0 Å². The Bertz CT molecular complexity index is 5650. The summed E-state index contributed by atoms with van der Waals surface area (Å²) < 4.78 is 39.0. The van der Waals surface area contributed by atoms with Crippen molar-refractivity contribution in [1.29, 1.82) is 0 Å². The van der Waals surface area contributed by atoms with Crippen molar-refractivity contribution < 1.29 is 47.9 Å². The Hall–Kier alpha value is -11.7. The number of fused-ring (bicyclic) bond motifs is 3. The minimum atomic E-state index is -0.309. The van der Waals surface area contributed by atoms with E-state index in [9.17, 15) is 14.4 Å². The molecule has 10 N–H and O–H groups in total. The highest BCUT2D eigenvalue weighted by molar-refractivity contribution is 7.59. The molecule has 12 aromatic rings. The molecule has 5 saturated heterocycles. The average molecular weight is 1860 g/mol. The lowest BCUT2D eigenvalue weighted by atomic mass is 9.98. The Balaban J connectivity index is 0.000000185. The van der Waals surface area contributed by atoms with Crippen molar-refractivity contribution in [2.75, 3.05) is 130 Å². The lowest BCUT2D eigenvalue weighted by Crippen LogP contribution is -2.28. The Morgan fingerprint density at radius 3 is 1.44 bits per heavy atom. The van der Waals surface area contributed by atoms with Gasteiger partial charge in [0.05, 0.1) is 25.6 Å². The molecule has 5 aliphatic heterocycles. The molecule has 5 aliphatic rings. The molecule has 0 saturated carbocycles. The van der Waals surface area contributed by atoms with Gasteiger partial charge in [-0.2, -0.15) is 70.4 Å². The van der Waals surface area contributed by atoms with Crippen molar-refractivity contribution in [2.45, 2.75) is 123 Å². The number of hydrogen-bond acceptors (Lipinski definition) is 26. The SMILES string of the molecule is C=CC(=O)Nc1cccc(Oc2nc(Cl)nc3c2ncn3C2CCCCO2)c1.C=CC(=O)Nc1cccc(Oc2nc(Nc3ccc(C[C@H]4CCN(CCC)C4)cc3)nc3c2ncn3C2CCCCO2)c1.C=CC(=O)Nc1cccc(Oc2nc(Nc3ccc(C[C@H]4CCN(CCC)C4)cc3)nc3nc[nH]c23)c1.CCO.COCCN1CC[C@H](Nc2ccc(N)cc2)C1.S.S.S. The maximum Gasteiger partial charge on any atom is 0.252 e. The van der Waals surface area contributed by atoms with Crippen molar-refractivity contribution in [3.05, 3.63) is 219 Å². The second-order valence-electron chi connectivity index (χ2n) is 31.7. The zero-order chi connectivity index (χ0) is 89.5. The summed E-state index contributed by atoms with van der Waals surface area (Å²) in [5.74, 6) is 3.66. The smallest absolute Gasteiger partial charge is 0.252 e. The van der Waals surface area contributed by atoms with Crippen LogP contribution in [-0.4, -0.2) is 195 Å². The quantitative estimate of drug-likeness (QED) is 0.0111. The molecular formula is C95H121ClN22O10S3. The number of benzene rings is 6. The Morgan fingerprint density at radius 1 is 0.527 bits per heavy atom. The van der Waals surface area contributed by atoms with Gasteiger partial charge in [0.15, 0.2) is 28.0 Å². The summed E-state index contributed by atoms with van der Waals surface area (Å²) in [7, 11) is 1.75. The molecule has 32 nitrogen and oxygen atoms in total. The number of halogens is 1. The Kier molecular flexibility index (Phi) is 40.1. The number of imidazole rings is 3. The number of nitrogen functional groups attached to an aromatic ring is 1. The van der Waals surface area contributed by atoms with E-state index in [1.165, 1.54) is 101 Å². The van der Waals surface area contributed by atoms with E-state index in [0.29, 0.717) is 117 Å². The van der Waals surface area contributed by atoms with Crippen molar-refractivity contribution in [3.63, 3.8) is 0 Å². The van der Waals surface area contributed by atoms with Gasteiger partial charge in [-0.3, -0.25) is 28.4 Å². The number of likely N-dealkylation sites (tertiary alicyclic amines) is 3. The summed E-state index contributed by atoms with van der Waals surface area (Å²) >= 11 is 6.12. The molecule has 0 bridgehead atoms. The largest absolute Gasteiger partial charge is 0.437 e. The molecule has 11 heterocycles. The predicted octanol–water partition coefficient (Wildman–Crippen LogP) is 17.6. The Morgan fingerprint density at radius 2 is 0.969 bits per heavy atom. The molecule has 5 fully saturated rings. The van der Waals surface area contributed by atoms with Gasteiger partial charge < -0.3 is 85.9 Å². The standard InChI is InChI=1S/C33H39N7O3.C28H31N7O2.C19H18ClN5O3.C13H21N3O.C2H6O.3H2S/c1-3-16-39-17-15-24(21-39)19-23-11-13-25(14-12-23)36-33-37-31-30(34-22-40(31)29-10-5-6-18-42-29)32(38-33)43-27-9-7-8-26(20-27)35-28(41)4-2;1-3-13-35-14-12-20(17-35)15-19-8-10-21(11-9-19)32-28-33-26-25(29-18-30-26)27(34-28)37-23-7-5-6-22(16-23)31-24(36)4-2;1-2-14(26)22-12-6-5-7-13(10-12)28-18-16-17(23-19(20)24-18)25(11-21-16)15-8-3-4-9-27-15;1-17-9-8-16-7-6-13(10-16)15-12-4-2-11(14)3-5-12;1-2-3;;;/h4,7-9,11-14,20,22,24,29H,2-3,5-6,10,15-19,21H2,1H3,(H,35,41)(H,36,37,38);4-11,16,18,20H,2-3,12-15,17H2,1H3,(H,31,36)(H2,29,30,32,33,34);2,5-7,10-11,15H,1,3-4,8-9H2,(H,22,26);2-5,13,15H,6-10,14H2,1H3;3H,2H2,1H3;3*1H2/t24-,29?;20-;;13-;;;;/m11.0..../s1. The van der Waals surface area contributed by atoms with Crippen LogP contribution in [0.4, 0.5) is 51.7 Å². The molecule has 0 spiro atoms. The molecule has 17 rings (SSSR count). The molecule has 6 aromatic carbocycles. The van der Waals surface area contributed by atoms with Gasteiger partial charge >= 0.3 is 0 Å². The molecule has 2 unspecified atom stereocenters. The lowest BCUT2D eigenvalue weighted by Gasteiger charge is -2.23. The summed E-state index contributed by atoms with van der Waals surface area (Å²) in [4.78, 5) is 86.0. The molecule has 0 aliphatic carbocycles. The molecule has 131 heavy (non-hydrogen) atoms. The summed E-state index contributed by atoms with van der Waals surface area (Å²) in [6.45, 7) is 29.5. The fourth-order valence-corrected chi connectivity index (χ4v) is 15.9. The van der Waals surface area contributed by atoms with Crippen LogP contribution in [-0.2, 0) is 41.4 Å². The highest BCUT2D eigenvalue weighted by Crippen LogP contribution is 2.37. The number of carbonyl (C=O) groups excluding carboxylic acids is 3. The maximum absolute atomic E-state index is 11.8. The van der Waals surface area contributed by atoms with E-state index < -0.39 is 0 Å². The van der Waals surface area contributed by atoms with Crippen molar-refractivity contribution in [1.82, 2.24) is 73.7 Å². The number of aliphatic hydroxyl groups is 1. The van der Waals surface area contributed by atoms with Crippen molar-refractivity contribution in [3.8, 4) is 34.9 Å². The van der Waals surface area contributed by atoms with Gasteiger partial charge in [0, 0.05) is 124 Å². The second-order valence-corrected chi connectivity index (χ2v) is 32.0. The molecule has 3 amide bonds. The van der Waals surface area contributed by atoms with Gasteiger partial charge in [0.25, 0.3) is 17.6 Å². The fourth-order valence-electron chi connectivity index (χ4n) is 15.8. The number of hydrogen-bond donors (Lipinski definition) is 9. The van der Waals surface area contributed by atoms with Crippen LogP contribution in [0.5, 0.6) is 34.9 Å². The van der Waals surface area contributed by atoms with E-state index in [1.807, 2.05) is 33.4 Å². The second kappa shape index (κ2) is 51.8. The number of nitrogens with one attached hydrogen (secondary N) is 7. The zero-order valence-electron chi connectivity index (χ0n) is 74.6. The first kappa shape index (κ1) is 101. The summed E-state index contributed by atoms with van der Waals surface area (Å²) in [5.41, 5.74) is 17.1. The lowest BCUT2D eigenvalue weighted by molar-refractivity contribution is -0.112. The number of aliphatic hydroxyl groups excluding tert-OH is 1. The topological polar surface area (TPSA) is 376 Å². The zero-order valence-corrected chi connectivity index (χ0v) is 78.3. The molecule has 696 valence electrons. The normalized spacial score (nSPS) is 17.0. The summed E-state index contributed by atoms with van der Waals surface area (Å²) in [5, 5.41) is 26.0. The number of anilines is 9. The van der Waals surface area contributed by atoms with Crippen molar-refractivity contribution >= 4 is 155 Å². The van der Waals surface area contributed by atoms with E-state index in [0.717, 1.165) is 106 Å². The van der Waals surface area contributed by atoms with Gasteiger partial charge in [-0.05, 0) is 254 Å². The minimum Gasteiger partial charge on any atom is -0.437 e. The molecule has 0 radical (unpaired) electrons. The number of aromatic amines is 1. The van der Waals surface area contributed by atoms with E-state index in [2.05, 4.69) is 169 Å². The van der Waals surface area contributed by atoms with Gasteiger partial charge in [-0.25, -0.2) is 15.0 Å². The van der Waals surface area contributed by atoms with Gasteiger partial charge in [-0.15, -0.1) is 0 Å². The van der Waals surface area contributed by atoms with E-state index in [1.54, 1.807) is 106 Å². The summed E-state index contributed by atoms with van der Waals surface area (Å²) in [6, 6.07) is 46.5. The van der Waals surface area contributed by atoms with E-state index in [4.69, 9.17) is 60.8 Å². The molecule has 5 atom stereocenters. The van der Waals surface area contributed by atoms with Crippen LogP contribution >= 0.6 is 52.1 Å². The molecular weight excluding hydrogens is 1740 g/mol. The monoisotopic (exact) mass is 1860 g/mol. The number of nitrogens with zero attached hydrogens (tertiary/aromatic N) is 14.